The molecule has 1 amide bonds. The molecule has 0 aromatic heterocycles. The summed E-state index contributed by atoms with van der Waals surface area (Å²) in [5.74, 6) is 1.19. The normalized spacial score (nSPS) is 25.1. The molecule has 0 aliphatic carbocycles. The Balaban J connectivity index is 1.63. The van der Waals surface area contributed by atoms with Gasteiger partial charge in [0.05, 0.1) is 0 Å². The summed E-state index contributed by atoms with van der Waals surface area (Å²) in [6.45, 7) is 3.49. The molecule has 1 N–H and O–H groups in total. The maximum absolute atomic E-state index is 12.5. The Morgan fingerprint density at radius 1 is 1.09 bits per heavy atom. The van der Waals surface area contributed by atoms with Gasteiger partial charge in [0.1, 0.15) is 0 Å². The number of hydrogen-bond acceptors (Lipinski definition) is 3. The summed E-state index contributed by atoms with van der Waals surface area (Å²) < 4.78 is 37.0. The van der Waals surface area contributed by atoms with E-state index in [0.717, 1.165) is 39.0 Å². The van der Waals surface area contributed by atoms with Crippen LogP contribution in [0.1, 0.15) is 23.2 Å². The van der Waals surface area contributed by atoms with E-state index in [-0.39, 0.29) is 22.6 Å². The molecule has 0 saturated carbocycles. The number of carbonyl (C=O) groups is 1. The van der Waals surface area contributed by atoms with Gasteiger partial charge in [-0.2, -0.15) is 13.2 Å². The van der Waals surface area contributed by atoms with Gasteiger partial charge in [0, 0.05) is 23.5 Å². The van der Waals surface area contributed by atoms with Crippen molar-refractivity contribution in [3.8, 4) is 0 Å². The number of thioether (sulfide) groups is 1. The first kappa shape index (κ1) is 16.6. The van der Waals surface area contributed by atoms with Gasteiger partial charge in [0.2, 0.25) is 0 Å². The molecule has 3 rings (SSSR count). The first-order valence-electron chi connectivity index (χ1n) is 7.78. The second-order valence-electron chi connectivity index (χ2n) is 6.12. The van der Waals surface area contributed by atoms with Gasteiger partial charge in [-0.1, -0.05) is 0 Å². The lowest BCUT2D eigenvalue weighted by atomic mass is 9.92. The highest BCUT2D eigenvalue weighted by Crippen LogP contribution is 2.36. The fourth-order valence-corrected chi connectivity index (χ4v) is 3.94. The fourth-order valence-electron chi connectivity index (χ4n) is 3.40. The molecule has 1 aromatic rings. The molecule has 1 aromatic carbocycles. The number of likely N-dealkylation sites (tertiary alicyclic amines) is 1. The Labute approximate surface area is 137 Å². The number of carbonyl (C=O) groups excluding carboxylic acids is 1. The van der Waals surface area contributed by atoms with Crippen LogP contribution in [0, 0.1) is 11.8 Å². The minimum Gasteiger partial charge on any atom is -0.339 e. The lowest BCUT2D eigenvalue weighted by molar-refractivity contribution is -0.0328. The van der Waals surface area contributed by atoms with Crippen LogP contribution in [-0.4, -0.2) is 42.5 Å². The van der Waals surface area contributed by atoms with Crippen LogP contribution in [0.25, 0.3) is 0 Å². The van der Waals surface area contributed by atoms with Crippen LogP contribution in [0.4, 0.5) is 13.2 Å². The smallest absolute Gasteiger partial charge is 0.339 e. The molecule has 2 aliphatic rings. The SMILES string of the molecule is O=C(c1ccc(SC(F)(F)F)cc1)N1CC[C@@H]2CNC[C@@H]2CC1. The topological polar surface area (TPSA) is 32.3 Å². The molecule has 3 nitrogen and oxygen atoms in total. The van der Waals surface area contributed by atoms with Crippen molar-refractivity contribution in [2.24, 2.45) is 11.8 Å². The zero-order chi connectivity index (χ0) is 16.4. The van der Waals surface area contributed by atoms with Crippen LogP contribution in [0.5, 0.6) is 0 Å². The van der Waals surface area contributed by atoms with Gasteiger partial charge in [-0.05, 0) is 73.8 Å². The number of nitrogens with zero attached hydrogens (tertiary/aromatic N) is 1. The number of fused-ring (bicyclic) bond motifs is 1. The molecule has 126 valence electrons. The van der Waals surface area contributed by atoms with Gasteiger partial charge < -0.3 is 10.2 Å². The standard InChI is InChI=1S/C16H19F3N2OS/c17-16(18,19)23-14-3-1-11(2-4-14)15(22)21-7-5-12-9-20-10-13(12)6-8-21/h1-4,12-13,20H,5-10H2/t12-,13+. The van der Waals surface area contributed by atoms with Crippen LogP contribution in [-0.2, 0) is 0 Å². The molecule has 7 heteroatoms. The van der Waals surface area contributed by atoms with Gasteiger partial charge in [-0.25, -0.2) is 0 Å². The molecular weight excluding hydrogens is 325 g/mol. The average molecular weight is 344 g/mol. The largest absolute Gasteiger partial charge is 0.446 e. The third kappa shape index (κ3) is 4.20. The van der Waals surface area contributed by atoms with E-state index >= 15 is 0 Å². The summed E-state index contributed by atoms with van der Waals surface area (Å²) in [4.78, 5) is 14.5. The van der Waals surface area contributed by atoms with E-state index < -0.39 is 5.51 Å². The fraction of sp³-hybridized carbons (Fsp3) is 0.562. The first-order chi connectivity index (χ1) is 10.9. The minimum absolute atomic E-state index is 0.0820. The van der Waals surface area contributed by atoms with Crippen molar-refractivity contribution >= 4 is 17.7 Å². The average Bonchev–Trinajstić information content (AvgIpc) is 2.84. The molecular formula is C16H19F3N2OS. The van der Waals surface area contributed by atoms with Crippen molar-refractivity contribution in [3.05, 3.63) is 29.8 Å². The Kier molecular flexibility index (Phi) is 4.87. The summed E-state index contributed by atoms with van der Waals surface area (Å²) in [6.07, 6.45) is 1.98. The maximum atomic E-state index is 12.5. The van der Waals surface area contributed by atoms with Crippen molar-refractivity contribution in [2.45, 2.75) is 23.2 Å². The molecule has 0 bridgehead atoms. The Morgan fingerprint density at radius 2 is 1.65 bits per heavy atom. The lowest BCUT2D eigenvalue weighted by Crippen LogP contribution is -2.32. The van der Waals surface area contributed by atoms with Crippen LogP contribution >= 0.6 is 11.8 Å². The van der Waals surface area contributed by atoms with Crippen LogP contribution in [0.15, 0.2) is 29.2 Å². The third-order valence-electron chi connectivity index (χ3n) is 4.64. The third-order valence-corrected chi connectivity index (χ3v) is 5.38. The van der Waals surface area contributed by atoms with Crippen molar-refractivity contribution in [1.82, 2.24) is 10.2 Å². The van der Waals surface area contributed by atoms with Crippen molar-refractivity contribution in [3.63, 3.8) is 0 Å². The van der Waals surface area contributed by atoms with Crippen molar-refractivity contribution in [1.29, 1.82) is 0 Å². The highest BCUT2D eigenvalue weighted by atomic mass is 32.2. The summed E-state index contributed by atoms with van der Waals surface area (Å²) in [5, 5.41) is 3.39. The molecule has 0 spiro atoms. The Bertz CT molecular complexity index is 547. The molecule has 23 heavy (non-hydrogen) atoms. The highest BCUT2D eigenvalue weighted by molar-refractivity contribution is 8.00. The van der Waals surface area contributed by atoms with E-state index in [2.05, 4.69) is 5.32 Å². The van der Waals surface area contributed by atoms with E-state index in [0.29, 0.717) is 17.4 Å². The molecule has 0 radical (unpaired) electrons. The van der Waals surface area contributed by atoms with Gasteiger partial charge in [0.15, 0.2) is 0 Å². The second-order valence-corrected chi connectivity index (χ2v) is 7.26. The molecule has 2 atom stereocenters. The number of rotatable bonds is 2. The summed E-state index contributed by atoms with van der Waals surface area (Å²) in [5.41, 5.74) is -3.84. The summed E-state index contributed by atoms with van der Waals surface area (Å²) >= 11 is -0.161. The summed E-state index contributed by atoms with van der Waals surface area (Å²) in [6, 6.07) is 5.71. The van der Waals surface area contributed by atoms with E-state index in [1.54, 1.807) is 0 Å². The van der Waals surface area contributed by atoms with Crippen molar-refractivity contribution in [2.75, 3.05) is 26.2 Å². The number of hydrogen-bond donors (Lipinski definition) is 1. The molecule has 0 unspecified atom stereocenters. The van der Waals surface area contributed by atoms with Crippen LogP contribution in [0.2, 0.25) is 0 Å². The van der Waals surface area contributed by atoms with Gasteiger partial charge in [-0.15, -0.1) is 0 Å². The van der Waals surface area contributed by atoms with Crippen LogP contribution in [0.3, 0.4) is 0 Å². The quantitative estimate of drug-likeness (QED) is 0.835. The zero-order valence-corrected chi connectivity index (χ0v) is 13.4. The van der Waals surface area contributed by atoms with E-state index in [9.17, 15) is 18.0 Å². The van der Waals surface area contributed by atoms with Gasteiger partial charge >= 0.3 is 5.51 Å². The Hall–Kier alpha value is -1.21. The lowest BCUT2D eigenvalue weighted by Gasteiger charge is -2.21. The Morgan fingerprint density at radius 3 is 2.17 bits per heavy atom. The predicted molar refractivity (Wildman–Crippen MR) is 83.3 cm³/mol. The second kappa shape index (κ2) is 6.73. The number of halogens is 3. The van der Waals surface area contributed by atoms with E-state index in [4.69, 9.17) is 0 Å². The first-order valence-corrected chi connectivity index (χ1v) is 8.60. The highest BCUT2D eigenvalue weighted by Gasteiger charge is 2.32. The molecule has 2 heterocycles. The van der Waals surface area contributed by atoms with E-state index in [1.165, 1.54) is 24.3 Å². The number of nitrogens with one attached hydrogen (secondary N) is 1. The number of alkyl halides is 3. The molecule has 2 aliphatic heterocycles. The van der Waals surface area contributed by atoms with Crippen molar-refractivity contribution < 1.29 is 18.0 Å². The van der Waals surface area contributed by atoms with E-state index in [1.807, 2.05) is 4.90 Å². The number of benzene rings is 1. The minimum atomic E-state index is -4.30. The van der Waals surface area contributed by atoms with Gasteiger partial charge in [-0.3, -0.25) is 4.79 Å². The monoisotopic (exact) mass is 344 g/mol. The maximum Gasteiger partial charge on any atom is 0.446 e. The van der Waals surface area contributed by atoms with Gasteiger partial charge in [0.25, 0.3) is 5.91 Å². The predicted octanol–water partition coefficient (Wildman–Crippen LogP) is 3.37. The number of amides is 1. The zero-order valence-electron chi connectivity index (χ0n) is 12.6. The van der Waals surface area contributed by atoms with Crippen LogP contribution < -0.4 is 5.32 Å². The summed E-state index contributed by atoms with van der Waals surface area (Å²) in [7, 11) is 0. The molecule has 2 saturated heterocycles. The molecule has 2 fully saturated rings.